The predicted molar refractivity (Wildman–Crippen MR) is 113 cm³/mol. The average molecular weight is 448 g/mol. The summed E-state index contributed by atoms with van der Waals surface area (Å²) in [6.45, 7) is 0.0873. The Kier molecular flexibility index (Phi) is 6.12. The number of fused-ring (bicyclic) bond motifs is 3. The molecule has 4 rings (SSSR count). The summed E-state index contributed by atoms with van der Waals surface area (Å²) in [4.78, 5) is 16.6. The Hall–Kier alpha value is -2.69. The maximum Gasteiger partial charge on any atom is 0.229 e. The Morgan fingerprint density at radius 1 is 1.29 bits per heavy atom. The number of ether oxygens (including phenoxy) is 2. The first-order chi connectivity index (χ1) is 14.8. The van der Waals surface area contributed by atoms with Gasteiger partial charge < -0.3 is 19.9 Å². The summed E-state index contributed by atoms with van der Waals surface area (Å²) in [6, 6.07) is 10.6. The Labute approximate surface area is 180 Å². The van der Waals surface area contributed by atoms with Gasteiger partial charge in [0.15, 0.2) is 0 Å². The number of aliphatic hydroxyl groups excluding tert-OH is 1. The first kappa shape index (κ1) is 21.5. The summed E-state index contributed by atoms with van der Waals surface area (Å²) >= 11 is 0. The minimum Gasteiger partial charge on any atom is -0.487 e. The van der Waals surface area contributed by atoms with Gasteiger partial charge in [-0.3, -0.25) is 14.5 Å². The zero-order valence-corrected chi connectivity index (χ0v) is 17.8. The van der Waals surface area contributed by atoms with Crippen LogP contribution in [0.2, 0.25) is 0 Å². The largest absolute Gasteiger partial charge is 0.487 e. The number of hydrogen-bond acceptors (Lipinski definition) is 7. The van der Waals surface area contributed by atoms with Gasteiger partial charge in [0, 0.05) is 23.4 Å². The minimum atomic E-state index is -3.41. The molecule has 0 saturated carbocycles. The van der Waals surface area contributed by atoms with Gasteiger partial charge in [-0.05, 0) is 36.8 Å². The van der Waals surface area contributed by atoms with Gasteiger partial charge in [-0.15, -0.1) is 0 Å². The van der Waals surface area contributed by atoms with Crippen LogP contribution in [-0.4, -0.2) is 55.6 Å². The van der Waals surface area contributed by atoms with E-state index < -0.39 is 22.2 Å². The standard InChI is InChI=1S/C21H25N3O6S/c1-31(27,28)24-13-5-6-18-16(8-13)17-9-15(29-19(12-25)21(17)30-18)10-20(26)23-11-14-4-2-3-7-22-14/h2-8,15,17,19,21,24-25H,9-12H2,1H3,(H,23,26)/t15-,17-,19+,21+/m1/s1. The Balaban J connectivity index is 1.45. The smallest absolute Gasteiger partial charge is 0.229 e. The molecule has 0 aliphatic carbocycles. The molecule has 1 saturated heterocycles. The molecule has 1 fully saturated rings. The fourth-order valence-electron chi connectivity index (χ4n) is 4.14. The third kappa shape index (κ3) is 5.15. The number of rotatable bonds is 7. The predicted octanol–water partition coefficient (Wildman–Crippen LogP) is 1.15. The number of pyridine rings is 1. The third-order valence-corrected chi connectivity index (χ3v) is 6.01. The second kappa shape index (κ2) is 8.81. The van der Waals surface area contributed by atoms with Crippen LogP contribution < -0.4 is 14.8 Å². The van der Waals surface area contributed by atoms with E-state index >= 15 is 0 Å². The number of carbonyl (C=O) groups is 1. The molecule has 10 heteroatoms. The van der Waals surface area contributed by atoms with Crippen LogP contribution in [0.5, 0.6) is 5.75 Å². The number of aliphatic hydroxyl groups is 1. The van der Waals surface area contributed by atoms with Crippen LogP contribution in [0.25, 0.3) is 0 Å². The van der Waals surface area contributed by atoms with E-state index in [2.05, 4.69) is 15.0 Å². The summed E-state index contributed by atoms with van der Waals surface area (Å²) in [5.74, 6) is 0.351. The molecule has 0 radical (unpaired) electrons. The summed E-state index contributed by atoms with van der Waals surface area (Å²) in [5, 5.41) is 12.7. The first-order valence-electron chi connectivity index (χ1n) is 10.0. The summed E-state index contributed by atoms with van der Waals surface area (Å²) in [7, 11) is -3.41. The van der Waals surface area contributed by atoms with E-state index in [-0.39, 0.29) is 31.0 Å². The van der Waals surface area contributed by atoms with Gasteiger partial charge in [0.25, 0.3) is 0 Å². The topological polar surface area (TPSA) is 127 Å². The van der Waals surface area contributed by atoms with Crippen LogP contribution in [0.3, 0.4) is 0 Å². The van der Waals surface area contributed by atoms with E-state index in [4.69, 9.17) is 9.47 Å². The van der Waals surface area contributed by atoms with Crippen molar-refractivity contribution in [2.75, 3.05) is 17.6 Å². The van der Waals surface area contributed by atoms with Gasteiger partial charge in [-0.25, -0.2) is 8.42 Å². The van der Waals surface area contributed by atoms with Crippen molar-refractivity contribution in [2.45, 2.75) is 43.6 Å². The molecule has 1 aromatic heterocycles. The van der Waals surface area contributed by atoms with Crippen LogP contribution in [0, 0.1) is 0 Å². The molecule has 1 aromatic carbocycles. The number of anilines is 1. The Morgan fingerprint density at radius 2 is 2.13 bits per heavy atom. The number of benzene rings is 1. The van der Waals surface area contributed by atoms with E-state index in [1.807, 2.05) is 18.2 Å². The lowest BCUT2D eigenvalue weighted by Crippen LogP contribution is -2.47. The van der Waals surface area contributed by atoms with Gasteiger partial charge in [0.1, 0.15) is 18.0 Å². The van der Waals surface area contributed by atoms with E-state index in [0.29, 0.717) is 24.4 Å². The van der Waals surface area contributed by atoms with Gasteiger partial charge in [0.2, 0.25) is 15.9 Å². The highest BCUT2D eigenvalue weighted by Gasteiger charge is 2.46. The molecule has 2 aliphatic heterocycles. The van der Waals surface area contributed by atoms with Gasteiger partial charge >= 0.3 is 0 Å². The molecule has 0 bridgehead atoms. The number of aromatic nitrogens is 1. The fourth-order valence-corrected chi connectivity index (χ4v) is 4.69. The Morgan fingerprint density at radius 3 is 2.84 bits per heavy atom. The third-order valence-electron chi connectivity index (χ3n) is 5.41. The monoisotopic (exact) mass is 447 g/mol. The molecule has 1 amide bonds. The molecule has 166 valence electrons. The number of nitrogens with zero attached hydrogens (tertiary/aromatic N) is 1. The zero-order chi connectivity index (χ0) is 22.0. The van der Waals surface area contributed by atoms with Crippen LogP contribution in [-0.2, 0) is 26.1 Å². The van der Waals surface area contributed by atoms with E-state index in [0.717, 1.165) is 17.5 Å². The summed E-state index contributed by atoms with van der Waals surface area (Å²) in [5.41, 5.74) is 2.05. The number of hydrogen-bond donors (Lipinski definition) is 3. The van der Waals surface area contributed by atoms with E-state index in [1.54, 1.807) is 24.4 Å². The van der Waals surface area contributed by atoms with Crippen molar-refractivity contribution in [3.8, 4) is 5.75 Å². The number of sulfonamides is 1. The lowest BCUT2D eigenvalue weighted by Gasteiger charge is -2.37. The van der Waals surface area contributed by atoms with Crippen molar-refractivity contribution in [3.63, 3.8) is 0 Å². The maximum absolute atomic E-state index is 12.4. The van der Waals surface area contributed by atoms with Crippen molar-refractivity contribution < 1.29 is 27.8 Å². The summed E-state index contributed by atoms with van der Waals surface area (Å²) < 4.78 is 37.6. The highest BCUT2D eigenvalue weighted by molar-refractivity contribution is 7.92. The molecule has 31 heavy (non-hydrogen) atoms. The van der Waals surface area contributed by atoms with Crippen molar-refractivity contribution in [2.24, 2.45) is 0 Å². The van der Waals surface area contributed by atoms with Crippen LogP contribution >= 0.6 is 0 Å². The van der Waals surface area contributed by atoms with Crippen molar-refractivity contribution in [1.29, 1.82) is 0 Å². The lowest BCUT2D eigenvalue weighted by molar-refractivity contribution is -0.142. The minimum absolute atomic E-state index is 0.115. The molecule has 0 unspecified atom stereocenters. The Bertz CT molecular complexity index is 1050. The van der Waals surface area contributed by atoms with Gasteiger partial charge in [0.05, 0.1) is 37.6 Å². The number of carbonyl (C=O) groups excluding carboxylic acids is 1. The second-order valence-corrected chi connectivity index (χ2v) is 9.58. The van der Waals surface area contributed by atoms with Crippen molar-refractivity contribution in [1.82, 2.24) is 10.3 Å². The fraction of sp³-hybridized carbons (Fsp3) is 0.429. The SMILES string of the molecule is CS(=O)(=O)Nc1ccc2c(c1)[C@H]1C[C@H](CC(=O)NCc3ccccn3)O[C@@H](CO)[C@H]1O2. The molecular formula is C21H25N3O6S. The van der Waals surface area contributed by atoms with Gasteiger partial charge in [-0.1, -0.05) is 6.07 Å². The number of amides is 1. The average Bonchev–Trinajstić information content (AvgIpc) is 3.09. The molecule has 3 N–H and O–H groups in total. The van der Waals surface area contributed by atoms with Crippen LogP contribution in [0.1, 0.15) is 30.0 Å². The quantitative estimate of drug-likeness (QED) is 0.581. The molecule has 4 atom stereocenters. The second-order valence-electron chi connectivity index (χ2n) is 7.83. The highest BCUT2D eigenvalue weighted by Crippen LogP contribution is 2.47. The maximum atomic E-state index is 12.4. The molecular weight excluding hydrogens is 422 g/mol. The number of nitrogens with one attached hydrogen (secondary N) is 2. The zero-order valence-electron chi connectivity index (χ0n) is 17.0. The molecule has 2 aliphatic rings. The van der Waals surface area contributed by atoms with Gasteiger partial charge in [-0.2, -0.15) is 0 Å². The molecule has 9 nitrogen and oxygen atoms in total. The normalized spacial score (nSPS) is 24.6. The highest BCUT2D eigenvalue weighted by atomic mass is 32.2. The van der Waals surface area contributed by atoms with Crippen LogP contribution in [0.15, 0.2) is 42.6 Å². The molecule has 0 spiro atoms. The van der Waals surface area contributed by atoms with Crippen LogP contribution in [0.4, 0.5) is 5.69 Å². The van der Waals surface area contributed by atoms with Crippen molar-refractivity contribution in [3.05, 3.63) is 53.9 Å². The molecule has 2 aromatic rings. The first-order valence-corrected chi connectivity index (χ1v) is 11.9. The van der Waals surface area contributed by atoms with E-state index in [9.17, 15) is 18.3 Å². The van der Waals surface area contributed by atoms with Crippen molar-refractivity contribution >= 4 is 21.6 Å². The lowest BCUT2D eigenvalue weighted by atomic mass is 9.84. The van der Waals surface area contributed by atoms with E-state index in [1.165, 1.54) is 0 Å². The molecule has 3 heterocycles. The summed E-state index contributed by atoms with van der Waals surface area (Å²) in [6.07, 6.45) is 2.06.